The molecule has 134 valence electrons. The minimum Gasteiger partial charge on any atom is -0.386 e. The molecule has 0 bridgehead atoms. The highest BCUT2D eigenvalue weighted by Crippen LogP contribution is 2.40. The van der Waals surface area contributed by atoms with E-state index in [4.69, 9.17) is 0 Å². The van der Waals surface area contributed by atoms with Crippen molar-refractivity contribution in [2.24, 2.45) is 0 Å². The molecular formula is C24H26O2. The van der Waals surface area contributed by atoms with E-state index in [1.807, 2.05) is 72.8 Å². The number of benzene rings is 3. The highest BCUT2D eigenvalue weighted by molar-refractivity contribution is 5.78. The van der Waals surface area contributed by atoms with E-state index in [0.29, 0.717) is 0 Å². The summed E-state index contributed by atoms with van der Waals surface area (Å²) in [6, 6.07) is 24.0. The van der Waals surface area contributed by atoms with Crippen LogP contribution < -0.4 is 0 Å². The van der Waals surface area contributed by atoms with Crippen LogP contribution in [0.2, 0.25) is 0 Å². The molecule has 0 unspecified atom stereocenters. The number of rotatable bonds is 4. The van der Waals surface area contributed by atoms with Crippen molar-refractivity contribution in [1.82, 2.24) is 0 Å². The van der Waals surface area contributed by atoms with E-state index in [1.54, 1.807) is 27.7 Å². The van der Waals surface area contributed by atoms with Crippen LogP contribution in [0, 0.1) is 0 Å². The molecule has 2 N–H and O–H groups in total. The SMILES string of the molecule is CC(C)(O)c1cc(-c2ccccc2)c(C(C)(C)O)cc1-c1ccccc1. The highest BCUT2D eigenvalue weighted by atomic mass is 16.3. The summed E-state index contributed by atoms with van der Waals surface area (Å²) in [6.07, 6.45) is 0. The third kappa shape index (κ3) is 3.72. The summed E-state index contributed by atoms with van der Waals surface area (Å²) in [7, 11) is 0. The molecule has 26 heavy (non-hydrogen) atoms. The molecule has 3 rings (SSSR count). The van der Waals surface area contributed by atoms with E-state index in [2.05, 4.69) is 0 Å². The van der Waals surface area contributed by atoms with Crippen molar-refractivity contribution in [3.8, 4) is 22.3 Å². The third-order valence-electron chi connectivity index (χ3n) is 4.65. The zero-order chi connectivity index (χ0) is 18.9. The Hall–Kier alpha value is -2.42. The van der Waals surface area contributed by atoms with Crippen molar-refractivity contribution < 1.29 is 10.2 Å². The smallest absolute Gasteiger partial charge is 0.0846 e. The second kappa shape index (κ2) is 6.71. The molecule has 0 aliphatic rings. The molecular weight excluding hydrogens is 320 g/mol. The van der Waals surface area contributed by atoms with Crippen LogP contribution in [0.15, 0.2) is 72.8 Å². The molecule has 0 aromatic heterocycles. The fourth-order valence-corrected chi connectivity index (χ4v) is 3.33. The van der Waals surface area contributed by atoms with Crippen LogP contribution in [0.5, 0.6) is 0 Å². The number of aliphatic hydroxyl groups is 2. The molecule has 0 saturated carbocycles. The predicted octanol–water partition coefficient (Wildman–Crippen LogP) is 5.48. The van der Waals surface area contributed by atoms with E-state index >= 15 is 0 Å². The van der Waals surface area contributed by atoms with Crippen molar-refractivity contribution >= 4 is 0 Å². The Kier molecular flexibility index (Phi) is 4.74. The van der Waals surface area contributed by atoms with Crippen LogP contribution in [0.1, 0.15) is 38.8 Å². The van der Waals surface area contributed by atoms with Gasteiger partial charge in [-0.05, 0) is 73.2 Å². The van der Waals surface area contributed by atoms with E-state index < -0.39 is 11.2 Å². The molecule has 3 aromatic rings. The van der Waals surface area contributed by atoms with Crippen molar-refractivity contribution in [3.05, 3.63) is 83.9 Å². The van der Waals surface area contributed by atoms with Gasteiger partial charge in [0.05, 0.1) is 11.2 Å². The summed E-state index contributed by atoms with van der Waals surface area (Å²) in [5.41, 5.74) is 3.60. The Bertz CT molecular complexity index is 806. The van der Waals surface area contributed by atoms with Gasteiger partial charge in [0, 0.05) is 0 Å². The Balaban J connectivity index is 2.37. The second-order valence-corrected chi connectivity index (χ2v) is 7.79. The van der Waals surface area contributed by atoms with Crippen molar-refractivity contribution in [3.63, 3.8) is 0 Å². The third-order valence-corrected chi connectivity index (χ3v) is 4.65. The lowest BCUT2D eigenvalue weighted by molar-refractivity contribution is 0.0753. The Morgan fingerprint density at radius 3 is 1.12 bits per heavy atom. The molecule has 0 aliphatic heterocycles. The van der Waals surface area contributed by atoms with E-state index in [0.717, 1.165) is 33.4 Å². The van der Waals surface area contributed by atoms with Crippen LogP contribution in [-0.4, -0.2) is 10.2 Å². The summed E-state index contributed by atoms with van der Waals surface area (Å²) in [5.74, 6) is 0. The van der Waals surface area contributed by atoms with Gasteiger partial charge in [0.25, 0.3) is 0 Å². The highest BCUT2D eigenvalue weighted by Gasteiger charge is 2.28. The van der Waals surface area contributed by atoms with Gasteiger partial charge in [0.2, 0.25) is 0 Å². The fraction of sp³-hybridized carbons (Fsp3) is 0.250. The van der Waals surface area contributed by atoms with Crippen molar-refractivity contribution in [2.45, 2.75) is 38.9 Å². The average molecular weight is 346 g/mol. The van der Waals surface area contributed by atoms with Crippen molar-refractivity contribution in [2.75, 3.05) is 0 Å². The number of hydrogen-bond donors (Lipinski definition) is 2. The number of hydrogen-bond acceptors (Lipinski definition) is 2. The summed E-state index contributed by atoms with van der Waals surface area (Å²) < 4.78 is 0. The second-order valence-electron chi connectivity index (χ2n) is 7.79. The lowest BCUT2D eigenvalue weighted by atomic mass is 9.81. The minimum atomic E-state index is -1.01. The monoisotopic (exact) mass is 346 g/mol. The Labute approximate surface area is 155 Å². The Morgan fingerprint density at radius 1 is 0.538 bits per heavy atom. The molecule has 0 aliphatic carbocycles. The van der Waals surface area contributed by atoms with Crippen LogP contribution in [0.25, 0.3) is 22.3 Å². The normalized spacial score (nSPS) is 12.2. The fourth-order valence-electron chi connectivity index (χ4n) is 3.33. The molecule has 0 fully saturated rings. The van der Waals surface area contributed by atoms with Crippen LogP contribution in [0.4, 0.5) is 0 Å². The van der Waals surface area contributed by atoms with Gasteiger partial charge in [0.15, 0.2) is 0 Å². The summed E-state index contributed by atoms with van der Waals surface area (Å²) in [4.78, 5) is 0. The Morgan fingerprint density at radius 2 is 0.846 bits per heavy atom. The molecule has 2 nitrogen and oxygen atoms in total. The zero-order valence-corrected chi connectivity index (χ0v) is 15.8. The van der Waals surface area contributed by atoms with Crippen LogP contribution in [0.3, 0.4) is 0 Å². The summed E-state index contributed by atoms with van der Waals surface area (Å²) >= 11 is 0. The first-order valence-electron chi connectivity index (χ1n) is 8.92. The quantitative estimate of drug-likeness (QED) is 0.657. The first-order valence-corrected chi connectivity index (χ1v) is 8.92. The first-order chi connectivity index (χ1) is 12.2. The average Bonchev–Trinajstić information content (AvgIpc) is 2.60. The maximum Gasteiger partial charge on any atom is 0.0846 e. The predicted molar refractivity (Wildman–Crippen MR) is 108 cm³/mol. The van der Waals surface area contributed by atoms with Crippen LogP contribution in [-0.2, 0) is 11.2 Å². The maximum atomic E-state index is 10.8. The van der Waals surface area contributed by atoms with Crippen LogP contribution >= 0.6 is 0 Å². The van der Waals surface area contributed by atoms with Crippen molar-refractivity contribution in [1.29, 1.82) is 0 Å². The van der Waals surface area contributed by atoms with Gasteiger partial charge in [-0.25, -0.2) is 0 Å². The first kappa shape index (κ1) is 18.4. The molecule has 0 heterocycles. The lowest BCUT2D eigenvalue weighted by Crippen LogP contribution is -2.21. The van der Waals surface area contributed by atoms with E-state index in [1.165, 1.54) is 0 Å². The van der Waals surface area contributed by atoms with Gasteiger partial charge in [-0.3, -0.25) is 0 Å². The summed E-state index contributed by atoms with van der Waals surface area (Å²) in [5, 5.41) is 21.7. The molecule has 0 radical (unpaired) electrons. The standard InChI is InChI=1S/C24H26O2/c1-23(2,25)21-15-20(18-13-9-6-10-14-18)22(24(3,4)26)16-19(21)17-11-7-5-8-12-17/h5-16,25-26H,1-4H3. The zero-order valence-electron chi connectivity index (χ0n) is 15.8. The van der Waals surface area contributed by atoms with Gasteiger partial charge in [-0.1, -0.05) is 60.7 Å². The van der Waals surface area contributed by atoms with Gasteiger partial charge in [0.1, 0.15) is 0 Å². The van der Waals surface area contributed by atoms with Gasteiger partial charge in [-0.15, -0.1) is 0 Å². The van der Waals surface area contributed by atoms with E-state index in [9.17, 15) is 10.2 Å². The maximum absolute atomic E-state index is 10.8. The molecule has 0 spiro atoms. The molecule has 2 heteroatoms. The van der Waals surface area contributed by atoms with Gasteiger partial charge < -0.3 is 10.2 Å². The lowest BCUT2D eigenvalue weighted by Gasteiger charge is -2.29. The van der Waals surface area contributed by atoms with Gasteiger partial charge >= 0.3 is 0 Å². The largest absolute Gasteiger partial charge is 0.386 e. The minimum absolute atomic E-state index is 0.843. The molecule has 0 amide bonds. The van der Waals surface area contributed by atoms with Gasteiger partial charge in [-0.2, -0.15) is 0 Å². The molecule has 0 atom stereocenters. The molecule has 0 saturated heterocycles. The topological polar surface area (TPSA) is 40.5 Å². The summed E-state index contributed by atoms with van der Waals surface area (Å²) in [6.45, 7) is 7.20. The van der Waals surface area contributed by atoms with E-state index in [-0.39, 0.29) is 0 Å². The molecule has 3 aromatic carbocycles.